The van der Waals surface area contributed by atoms with E-state index in [1.807, 2.05) is 0 Å². The molecule has 0 saturated heterocycles. The first kappa shape index (κ1) is 16.2. The van der Waals surface area contributed by atoms with Crippen molar-refractivity contribution in [2.45, 2.75) is 0 Å². The molecule has 50 valence electrons. The average molecular weight is 162 g/mol. The van der Waals surface area contributed by atoms with Gasteiger partial charge in [-0.15, -0.1) is 0 Å². The molecular weight excluding hydrogens is 155 g/mol. The standard InChI is InChI=1S/C3H4O.Na.H2O3S.H/c1-2-3-4;;1-4(2)3;/h2-3H,1H2;;(H2,1,2,3);. The summed E-state index contributed by atoms with van der Waals surface area (Å²) in [6.45, 7) is 3.11. The van der Waals surface area contributed by atoms with Crippen LogP contribution in [0.4, 0.5) is 0 Å². The summed E-state index contributed by atoms with van der Waals surface area (Å²) in [4.78, 5) is 9.06. The van der Waals surface area contributed by atoms with Crippen LogP contribution in [0.5, 0.6) is 0 Å². The van der Waals surface area contributed by atoms with Crippen molar-refractivity contribution < 1.29 is 18.1 Å². The van der Waals surface area contributed by atoms with E-state index in [-0.39, 0.29) is 29.6 Å². The normalized spacial score (nSPS) is 6.11. The second-order valence-electron chi connectivity index (χ2n) is 0.603. The first-order chi connectivity index (χ1) is 3.65. The Kier molecular flexibility index (Phi) is 28.5. The minimum atomic E-state index is -2.61. The molecule has 0 aliphatic heterocycles. The van der Waals surface area contributed by atoms with Gasteiger partial charge in [0, 0.05) is 0 Å². The molecule has 0 aliphatic rings. The van der Waals surface area contributed by atoms with Crippen LogP contribution in [-0.4, -0.2) is 49.2 Å². The number of allylic oxidation sites excluding steroid dienone is 1. The molecule has 0 amide bonds. The number of carbonyl (C=O) groups is 1. The van der Waals surface area contributed by atoms with Crippen LogP contribution in [0.15, 0.2) is 12.7 Å². The van der Waals surface area contributed by atoms with Gasteiger partial charge < -0.3 is 0 Å². The van der Waals surface area contributed by atoms with Crippen molar-refractivity contribution in [1.82, 2.24) is 0 Å². The third-order valence-corrected chi connectivity index (χ3v) is 0.0962. The van der Waals surface area contributed by atoms with Gasteiger partial charge in [-0.2, -0.15) is 4.21 Å². The van der Waals surface area contributed by atoms with E-state index in [9.17, 15) is 0 Å². The van der Waals surface area contributed by atoms with Crippen molar-refractivity contribution >= 4 is 47.2 Å². The van der Waals surface area contributed by atoms with Gasteiger partial charge in [0.1, 0.15) is 6.29 Å². The van der Waals surface area contributed by atoms with Crippen LogP contribution >= 0.6 is 0 Å². The van der Waals surface area contributed by atoms with Crippen molar-refractivity contribution in [1.29, 1.82) is 0 Å². The van der Waals surface area contributed by atoms with Gasteiger partial charge in [-0.25, -0.2) is 0 Å². The second-order valence-corrected chi connectivity index (χ2v) is 1.06. The van der Waals surface area contributed by atoms with E-state index in [1.165, 1.54) is 6.08 Å². The molecule has 4 nitrogen and oxygen atoms in total. The molecule has 0 aliphatic carbocycles. The third-order valence-electron chi connectivity index (χ3n) is 0.0962. The van der Waals surface area contributed by atoms with Crippen LogP contribution < -0.4 is 0 Å². The van der Waals surface area contributed by atoms with E-state index in [1.54, 1.807) is 0 Å². The quantitative estimate of drug-likeness (QED) is 0.234. The summed E-state index contributed by atoms with van der Waals surface area (Å²) in [6, 6.07) is 0. The van der Waals surface area contributed by atoms with Gasteiger partial charge >= 0.3 is 29.6 Å². The Bertz CT molecular complexity index is 83.8. The van der Waals surface area contributed by atoms with E-state index >= 15 is 0 Å². The van der Waals surface area contributed by atoms with Crippen molar-refractivity contribution in [3.8, 4) is 0 Å². The maximum absolute atomic E-state index is 9.06. The molecule has 0 heterocycles. The number of carbonyl (C=O) groups excluding carboxylic acids is 1. The van der Waals surface area contributed by atoms with Gasteiger partial charge in [0.05, 0.1) is 0 Å². The molecular formula is C3H7NaO4S. The van der Waals surface area contributed by atoms with Crippen LogP contribution in [0.25, 0.3) is 0 Å². The Morgan fingerprint density at radius 1 is 1.44 bits per heavy atom. The fraction of sp³-hybridized carbons (Fsp3) is 0. The molecule has 0 rings (SSSR count). The predicted molar refractivity (Wildman–Crippen MR) is 36.8 cm³/mol. The third kappa shape index (κ3) is 163. The Morgan fingerprint density at radius 2 is 1.56 bits per heavy atom. The second kappa shape index (κ2) is 15.8. The molecule has 0 fully saturated rings. The summed E-state index contributed by atoms with van der Waals surface area (Å²) >= 11 is -2.61. The predicted octanol–water partition coefficient (Wildman–Crippen LogP) is -0.596. The molecule has 0 spiro atoms. The Labute approximate surface area is 77.7 Å². The fourth-order valence-corrected chi connectivity index (χ4v) is 0. The molecule has 0 bridgehead atoms. The van der Waals surface area contributed by atoms with E-state index in [2.05, 4.69) is 6.58 Å². The molecule has 0 aromatic rings. The van der Waals surface area contributed by atoms with Crippen molar-refractivity contribution in [2.75, 3.05) is 0 Å². The van der Waals surface area contributed by atoms with Gasteiger partial charge in [-0.1, -0.05) is 6.58 Å². The summed E-state index contributed by atoms with van der Waals surface area (Å²) in [6.07, 6.45) is 1.83. The van der Waals surface area contributed by atoms with Crippen molar-refractivity contribution in [2.24, 2.45) is 0 Å². The molecule has 0 aromatic carbocycles. The Morgan fingerprint density at radius 3 is 1.56 bits per heavy atom. The molecule has 0 radical (unpaired) electrons. The topological polar surface area (TPSA) is 74.6 Å². The SMILES string of the molecule is C=CC=O.O=S(O)O.[NaH]. The van der Waals surface area contributed by atoms with E-state index in [0.717, 1.165) is 0 Å². The summed E-state index contributed by atoms with van der Waals surface area (Å²) in [5.41, 5.74) is 0. The van der Waals surface area contributed by atoms with Gasteiger partial charge in [0.2, 0.25) is 0 Å². The monoisotopic (exact) mass is 162 g/mol. The van der Waals surface area contributed by atoms with Gasteiger partial charge in [0.15, 0.2) is 0 Å². The fourth-order valence-electron chi connectivity index (χ4n) is 0. The van der Waals surface area contributed by atoms with E-state index < -0.39 is 11.4 Å². The number of hydrogen-bond acceptors (Lipinski definition) is 2. The zero-order valence-corrected chi connectivity index (χ0v) is 4.80. The first-order valence-electron chi connectivity index (χ1n) is 1.51. The molecule has 0 unspecified atom stereocenters. The molecule has 2 N–H and O–H groups in total. The Balaban J connectivity index is -0.0000000720. The first-order valence-corrected chi connectivity index (χ1v) is 2.57. The maximum atomic E-state index is 9.06. The Hall–Kier alpha value is 0.480. The summed E-state index contributed by atoms with van der Waals surface area (Å²) < 4.78 is 22.8. The van der Waals surface area contributed by atoms with E-state index in [4.69, 9.17) is 18.1 Å². The van der Waals surface area contributed by atoms with Crippen LogP contribution in [-0.2, 0) is 16.2 Å². The van der Waals surface area contributed by atoms with Crippen molar-refractivity contribution in [3.05, 3.63) is 12.7 Å². The summed E-state index contributed by atoms with van der Waals surface area (Å²) in [5, 5.41) is 0. The minimum absolute atomic E-state index is 0. The van der Waals surface area contributed by atoms with Crippen LogP contribution in [0.3, 0.4) is 0 Å². The summed E-state index contributed by atoms with van der Waals surface area (Å²) in [5.74, 6) is 0. The molecule has 0 aromatic heterocycles. The zero-order valence-electron chi connectivity index (χ0n) is 3.98. The number of aldehydes is 1. The van der Waals surface area contributed by atoms with Crippen LogP contribution in [0.1, 0.15) is 0 Å². The van der Waals surface area contributed by atoms with Crippen LogP contribution in [0.2, 0.25) is 0 Å². The molecule has 0 saturated carbocycles. The zero-order chi connectivity index (χ0) is 6.99. The molecule has 0 atom stereocenters. The average Bonchev–Trinajstić information content (AvgIpc) is 1.65. The van der Waals surface area contributed by atoms with E-state index in [0.29, 0.717) is 6.29 Å². The molecule has 6 heteroatoms. The van der Waals surface area contributed by atoms with Crippen LogP contribution in [0, 0.1) is 0 Å². The number of hydrogen-bond donors (Lipinski definition) is 2. The van der Waals surface area contributed by atoms with Gasteiger partial charge in [-0.3, -0.25) is 13.9 Å². The molecule has 9 heavy (non-hydrogen) atoms. The van der Waals surface area contributed by atoms with Crippen molar-refractivity contribution in [3.63, 3.8) is 0 Å². The van der Waals surface area contributed by atoms with Gasteiger partial charge in [0.25, 0.3) is 11.4 Å². The number of rotatable bonds is 1. The summed E-state index contributed by atoms with van der Waals surface area (Å²) in [7, 11) is 0. The van der Waals surface area contributed by atoms with Gasteiger partial charge in [-0.05, 0) is 6.08 Å².